The average molecular weight is 242 g/mol. The van der Waals surface area contributed by atoms with Gasteiger partial charge in [0.15, 0.2) is 0 Å². The molecule has 2 saturated heterocycles. The molecule has 0 aromatic rings. The van der Waals surface area contributed by atoms with Crippen LogP contribution in [0.2, 0.25) is 0 Å². The van der Waals surface area contributed by atoms with E-state index >= 15 is 0 Å². The van der Waals surface area contributed by atoms with Crippen molar-refractivity contribution in [2.24, 2.45) is 0 Å². The van der Waals surface area contributed by atoms with Gasteiger partial charge >= 0.3 is 6.09 Å². The third-order valence-electron chi connectivity index (χ3n) is 3.85. The second-order valence-electron chi connectivity index (χ2n) is 4.57. The van der Waals surface area contributed by atoms with Crippen LogP contribution in [0.15, 0.2) is 0 Å². The number of carbonyl (C=O) groups excluding carboxylic acids is 1. The SMILES string of the molecule is CC.CCN1CCC2(CCCN2C(=O)OC)C1. The molecule has 4 nitrogen and oxygen atoms in total. The molecule has 1 amide bonds. The fraction of sp³-hybridized carbons (Fsp3) is 0.923. The van der Waals surface area contributed by atoms with E-state index in [1.54, 1.807) is 0 Å². The van der Waals surface area contributed by atoms with E-state index in [4.69, 9.17) is 4.74 Å². The average Bonchev–Trinajstić information content (AvgIpc) is 2.99. The van der Waals surface area contributed by atoms with Crippen molar-refractivity contribution in [1.29, 1.82) is 0 Å². The van der Waals surface area contributed by atoms with E-state index in [0.29, 0.717) is 0 Å². The van der Waals surface area contributed by atoms with Crippen LogP contribution in [-0.2, 0) is 4.74 Å². The minimum atomic E-state index is -0.148. The van der Waals surface area contributed by atoms with Gasteiger partial charge in [0.25, 0.3) is 0 Å². The van der Waals surface area contributed by atoms with Crippen molar-refractivity contribution in [3.8, 4) is 0 Å². The minimum absolute atomic E-state index is 0.0864. The number of hydrogen-bond donors (Lipinski definition) is 0. The molecular weight excluding hydrogens is 216 g/mol. The van der Waals surface area contributed by atoms with E-state index in [2.05, 4.69) is 11.8 Å². The van der Waals surface area contributed by atoms with E-state index in [0.717, 1.165) is 45.4 Å². The molecule has 0 aromatic carbocycles. The van der Waals surface area contributed by atoms with Gasteiger partial charge in [0.2, 0.25) is 0 Å². The normalized spacial score (nSPS) is 28.1. The van der Waals surface area contributed by atoms with Gasteiger partial charge in [-0.05, 0) is 25.8 Å². The van der Waals surface area contributed by atoms with Crippen LogP contribution in [0.25, 0.3) is 0 Å². The third-order valence-corrected chi connectivity index (χ3v) is 3.85. The lowest BCUT2D eigenvalue weighted by molar-refractivity contribution is 0.0878. The lowest BCUT2D eigenvalue weighted by Gasteiger charge is -2.33. The first-order valence-corrected chi connectivity index (χ1v) is 6.80. The molecule has 2 aliphatic heterocycles. The predicted octanol–water partition coefficient (Wildman–Crippen LogP) is 2.34. The maximum absolute atomic E-state index is 11.7. The number of nitrogens with zero attached hydrogens (tertiary/aromatic N) is 2. The Hall–Kier alpha value is -0.770. The van der Waals surface area contributed by atoms with Crippen molar-refractivity contribution in [2.45, 2.75) is 45.6 Å². The van der Waals surface area contributed by atoms with E-state index in [9.17, 15) is 4.79 Å². The minimum Gasteiger partial charge on any atom is -0.453 e. The Morgan fingerprint density at radius 3 is 2.53 bits per heavy atom. The molecule has 1 spiro atoms. The largest absolute Gasteiger partial charge is 0.453 e. The molecule has 2 heterocycles. The Morgan fingerprint density at radius 1 is 1.29 bits per heavy atom. The summed E-state index contributed by atoms with van der Waals surface area (Å²) in [5, 5.41) is 0. The standard InChI is InChI=1S/C11H20N2O2.C2H6/c1-3-12-8-6-11(9-12)5-4-7-13(11)10(14)15-2;1-2/h3-9H2,1-2H3;1-2H3. The highest BCUT2D eigenvalue weighted by Gasteiger charge is 2.48. The van der Waals surface area contributed by atoms with Crippen LogP contribution >= 0.6 is 0 Å². The molecule has 2 rings (SSSR count). The van der Waals surface area contributed by atoms with Crippen LogP contribution < -0.4 is 0 Å². The number of likely N-dealkylation sites (N-methyl/N-ethyl adjacent to an activating group) is 1. The summed E-state index contributed by atoms with van der Waals surface area (Å²) in [6.07, 6.45) is 3.21. The van der Waals surface area contributed by atoms with Crippen molar-refractivity contribution in [1.82, 2.24) is 9.80 Å². The van der Waals surface area contributed by atoms with E-state index in [1.165, 1.54) is 7.11 Å². The highest BCUT2D eigenvalue weighted by molar-refractivity contribution is 5.69. The molecule has 0 radical (unpaired) electrons. The molecule has 0 aliphatic carbocycles. The molecule has 1 atom stereocenters. The van der Waals surface area contributed by atoms with Gasteiger partial charge in [-0.2, -0.15) is 0 Å². The Balaban J connectivity index is 0.000000686. The highest BCUT2D eigenvalue weighted by atomic mass is 16.5. The van der Waals surface area contributed by atoms with Gasteiger partial charge in [-0.25, -0.2) is 4.79 Å². The second-order valence-corrected chi connectivity index (χ2v) is 4.57. The fourth-order valence-electron chi connectivity index (χ4n) is 2.97. The quantitative estimate of drug-likeness (QED) is 0.707. The van der Waals surface area contributed by atoms with E-state index in [-0.39, 0.29) is 11.6 Å². The Morgan fingerprint density at radius 2 is 2.00 bits per heavy atom. The molecule has 100 valence electrons. The molecule has 2 aliphatic rings. The van der Waals surface area contributed by atoms with Crippen molar-refractivity contribution in [3.05, 3.63) is 0 Å². The molecule has 0 saturated carbocycles. The number of rotatable bonds is 1. The van der Waals surface area contributed by atoms with Crippen LogP contribution in [0.1, 0.15) is 40.0 Å². The summed E-state index contributed by atoms with van der Waals surface area (Å²) < 4.78 is 4.86. The Kier molecular flexibility index (Phi) is 5.25. The molecule has 0 bridgehead atoms. The molecule has 4 heteroatoms. The van der Waals surface area contributed by atoms with Crippen molar-refractivity contribution >= 4 is 6.09 Å². The molecule has 0 N–H and O–H groups in total. The second kappa shape index (κ2) is 6.24. The zero-order valence-corrected chi connectivity index (χ0v) is 11.7. The third kappa shape index (κ3) is 2.73. The topological polar surface area (TPSA) is 32.8 Å². The number of methoxy groups -OCH3 is 1. The van der Waals surface area contributed by atoms with E-state index < -0.39 is 0 Å². The maximum atomic E-state index is 11.7. The smallest absolute Gasteiger partial charge is 0.409 e. The summed E-state index contributed by atoms with van der Waals surface area (Å²) in [6.45, 7) is 10.3. The number of ether oxygens (including phenoxy) is 1. The zero-order valence-electron chi connectivity index (χ0n) is 11.7. The number of carbonyl (C=O) groups is 1. The first-order valence-electron chi connectivity index (χ1n) is 6.80. The molecule has 1 unspecified atom stereocenters. The van der Waals surface area contributed by atoms with Crippen LogP contribution in [-0.4, -0.2) is 54.7 Å². The van der Waals surface area contributed by atoms with E-state index in [1.807, 2.05) is 18.7 Å². The summed E-state index contributed by atoms with van der Waals surface area (Å²) >= 11 is 0. The summed E-state index contributed by atoms with van der Waals surface area (Å²) in [6, 6.07) is 0. The Labute approximate surface area is 105 Å². The van der Waals surface area contributed by atoms with Gasteiger partial charge < -0.3 is 14.5 Å². The molecule has 0 aromatic heterocycles. The van der Waals surface area contributed by atoms with Gasteiger partial charge in [-0.3, -0.25) is 0 Å². The lowest BCUT2D eigenvalue weighted by atomic mass is 9.95. The van der Waals surface area contributed by atoms with Crippen molar-refractivity contribution in [2.75, 3.05) is 33.3 Å². The van der Waals surface area contributed by atoms with Crippen molar-refractivity contribution in [3.63, 3.8) is 0 Å². The number of hydrogen-bond acceptors (Lipinski definition) is 3. The lowest BCUT2D eigenvalue weighted by Crippen LogP contribution is -2.49. The first-order chi connectivity index (χ1) is 8.22. The summed E-state index contributed by atoms with van der Waals surface area (Å²) in [7, 11) is 1.47. The first kappa shape index (κ1) is 14.3. The summed E-state index contributed by atoms with van der Waals surface area (Å²) in [5.74, 6) is 0. The van der Waals surface area contributed by atoms with Gasteiger partial charge in [-0.15, -0.1) is 0 Å². The van der Waals surface area contributed by atoms with Gasteiger partial charge in [0, 0.05) is 19.6 Å². The monoisotopic (exact) mass is 242 g/mol. The van der Waals surface area contributed by atoms with Gasteiger partial charge in [0.1, 0.15) is 0 Å². The molecular formula is C13H26N2O2. The summed E-state index contributed by atoms with van der Waals surface area (Å²) in [5.41, 5.74) is 0.0864. The Bertz CT molecular complexity index is 258. The summed E-state index contributed by atoms with van der Waals surface area (Å²) in [4.78, 5) is 16.0. The van der Waals surface area contributed by atoms with Crippen LogP contribution in [0.4, 0.5) is 4.79 Å². The highest BCUT2D eigenvalue weighted by Crippen LogP contribution is 2.37. The van der Waals surface area contributed by atoms with Crippen molar-refractivity contribution < 1.29 is 9.53 Å². The molecule has 2 fully saturated rings. The predicted molar refractivity (Wildman–Crippen MR) is 69.2 cm³/mol. The number of likely N-dealkylation sites (tertiary alicyclic amines) is 2. The number of amides is 1. The maximum Gasteiger partial charge on any atom is 0.409 e. The fourth-order valence-corrected chi connectivity index (χ4v) is 2.97. The van der Waals surface area contributed by atoms with Gasteiger partial charge in [0.05, 0.1) is 12.6 Å². The zero-order chi connectivity index (χ0) is 12.9. The van der Waals surface area contributed by atoms with Crippen LogP contribution in [0, 0.1) is 0 Å². The van der Waals surface area contributed by atoms with Crippen LogP contribution in [0.3, 0.4) is 0 Å². The van der Waals surface area contributed by atoms with Gasteiger partial charge in [-0.1, -0.05) is 20.8 Å². The van der Waals surface area contributed by atoms with Crippen LogP contribution in [0.5, 0.6) is 0 Å². The molecule has 17 heavy (non-hydrogen) atoms.